The van der Waals surface area contributed by atoms with Gasteiger partial charge in [-0.15, -0.1) is 0 Å². The summed E-state index contributed by atoms with van der Waals surface area (Å²) in [6.45, 7) is 0. The van der Waals surface area contributed by atoms with E-state index in [2.05, 4.69) is 9.97 Å². The van der Waals surface area contributed by atoms with Gasteiger partial charge in [-0.3, -0.25) is 4.79 Å². The Morgan fingerprint density at radius 3 is 2.56 bits per heavy atom. The van der Waals surface area contributed by atoms with E-state index in [0.717, 1.165) is 19.3 Å². The molecule has 0 aromatic carbocycles. The third kappa shape index (κ3) is 1.80. The maximum absolute atomic E-state index is 12.9. The lowest BCUT2D eigenvalue weighted by Gasteiger charge is -2.32. The molecule has 5 nitrogen and oxygen atoms in total. The first kappa shape index (κ1) is 11.1. The van der Waals surface area contributed by atoms with Gasteiger partial charge in [-0.1, -0.05) is 19.3 Å². The van der Waals surface area contributed by atoms with Crippen LogP contribution >= 0.6 is 0 Å². The van der Waals surface area contributed by atoms with Crippen LogP contribution in [-0.2, 0) is 5.54 Å². The number of hydrogen-bond donors (Lipinski definition) is 3. The Hall–Kier alpha value is -1.43. The molecule has 1 aliphatic carbocycles. The number of aromatic nitrogens is 2. The molecule has 0 unspecified atom stereocenters. The summed E-state index contributed by atoms with van der Waals surface area (Å²) in [5.41, 5.74) is 4.38. The van der Waals surface area contributed by atoms with Crippen LogP contribution in [0.3, 0.4) is 0 Å². The van der Waals surface area contributed by atoms with Crippen molar-refractivity contribution in [3.05, 3.63) is 22.0 Å². The summed E-state index contributed by atoms with van der Waals surface area (Å²) in [6, 6.07) is 0. The fourth-order valence-corrected chi connectivity index (χ4v) is 2.10. The Morgan fingerprint density at radius 1 is 1.38 bits per heavy atom. The second-order valence-corrected chi connectivity index (χ2v) is 4.27. The molecule has 1 aromatic heterocycles. The minimum Gasteiger partial charge on any atom is -0.491 e. The number of nitrogens with two attached hydrogens (primary N) is 1. The van der Waals surface area contributed by atoms with Crippen LogP contribution in [0, 0.1) is 5.82 Å². The number of nitrogens with one attached hydrogen (secondary N) is 1. The quantitative estimate of drug-likeness (QED) is 0.659. The molecule has 0 amide bonds. The zero-order chi connectivity index (χ0) is 11.8. The highest BCUT2D eigenvalue weighted by Crippen LogP contribution is 2.32. The molecule has 1 fully saturated rings. The molecule has 1 aliphatic rings. The zero-order valence-corrected chi connectivity index (χ0v) is 8.79. The van der Waals surface area contributed by atoms with Gasteiger partial charge in [0.2, 0.25) is 5.82 Å². The maximum Gasteiger partial charge on any atom is 0.291 e. The van der Waals surface area contributed by atoms with Crippen molar-refractivity contribution < 1.29 is 9.50 Å². The molecule has 16 heavy (non-hydrogen) atoms. The van der Waals surface area contributed by atoms with Crippen molar-refractivity contribution in [3.63, 3.8) is 0 Å². The van der Waals surface area contributed by atoms with Crippen molar-refractivity contribution in [3.8, 4) is 5.88 Å². The number of rotatable bonds is 1. The van der Waals surface area contributed by atoms with Gasteiger partial charge >= 0.3 is 0 Å². The van der Waals surface area contributed by atoms with E-state index in [1.807, 2.05) is 0 Å². The van der Waals surface area contributed by atoms with Gasteiger partial charge in [-0.2, -0.15) is 9.37 Å². The molecule has 0 aliphatic heterocycles. The molecule has 1 heterocycles. The third-order valence-electron chi connectivity index (χ3n) is 3.06. The Kier molecular flexibility index (Phi) is 2.67. The van der Waals surface area contributed by atoms with E-state index in [1.165, 1.54) is 0 Å². The monoisotopic (exact) mass is 227 g/mol. The van der Waals surface area contributed by atoms with Crippen LogP contribution in [-0.4, -0.2) is 15.1 Å². The minimum atomic E-state index is -1.26. The fourth-order valence-electron chi connectivity index (χ4n) is 2.10. The second kappa shape index (κ2) is 3.86. The first-order chi connectivity index (χ1) is 7.53. The molecule has 88 valence electrons. The van der Waals surface area contributed by atoms with Gasteiger partial charge in [0, 0.05) is 0 Å². The van der Waals surface area contributed by atoms with Crippen LogP contribution < -0.4 is 11.3 Å². The molecule has 0 atom stereocenters. The number of halogens is 1. The number of nitrogens with zero attached hydrogens (tertiary/aromatic N) is 1. The van der Waals surface area contributed by atoms with Gasteiger partial charge < -0.3 is 15.8 Å². The van der Waals surface area contributed by atoms with Gasteiger partial charge in [-0.25, -0.2) is 0 Å². The summed E-state index contributed by atoms with van der Waals surface area (Å²) in [7, 11) is 0. The van der Waals surface area contributed by atoms with Gasteiger partial charge in [0.1, 0.15) is 5.82 Å². The molecule has 1 saturated carbocycles. The Bertz CT molecular complexity index is 452. The number of H-pyrrole nitrogens is 1. The first-order valence-electron chi connectivity index (χ1n) is 5.31. The topological polar surface area (TPSA) is 92.0 Å². The van der Waals surface area contributed by atoms with E-state index in [9.17, 15) is 9.18 Å². The van der Waals surface area contributed by atoms with Crippen molar-refractivity contribution >= 4 is 0 Å². The molecule has 4 N–H and O–H groups in total. The lowest BCUT2D eigenvalue weighted by molar-refractivity contribution is 0.279. The second-order valence-electron chi connectivity index (χ2n) is 4.27. The molecule has 0 bridgehead atoms. The molecule has 1 aromatic rings. The predicted molar refractivity (Wildman–Crippen MR) is 55.4 cm³/mol. The average Bonchev–Trinajstić information content (AvgIpc) is 2.26. The standard InChI is InChI=1S/C10H14FN3O2/c11-6-7(15)13-9(14-8(6)16)10(12)4-2-1-3-5-10/h1-5,12H2,(H2,13,14,15,16). The third-order valence-corrected chi connectivity index (χ3v) is 3.06. The van der Waals surface area contributed by atoms with E-state index in [0.29, 0.717) is 12.8 Å². The predicted octanol–water partition coefficient (Wildman–Crippen LogP) is 0.733. The SMILES string of the molecule is NC1(c2nc(O)c(F)c(=O)[nH]2)CCCCC1. The molecular weight excluding hydrogens is 213 g/mol. The summed E-state index contributed by atoms with van der Waals surface area (Å²) >= 11 is 0. The first-order valence-corrected chi connectivity index (χ1v) is 5.31. The molecular formula is C10H14FN3O2. The van der Waals surface area contributed by atoms with Gasteiger partial charge in [0.15, 0.2) is 0 Å². The fraction of sp³-hybridized carbons (Fsp3) is 0.600. The van der Waals surface area contributed by atoms with E-state index in [-0.39, 0.29) is 5.82 Å². The normalized spacial score (nSPS) is 19.6. The van der Waals surface area contributed by atoms with Crippen LogP contribution in [0.2, 0.25) is 0 Å². The van der Waals surface area contributed by atoms with Crippen LogP contribution in [0.4, 0.5) is 4.39 Å². The number of aromatic hydroxyl groups is 1. The minimum absolute atomic E-state index is 0.177. The summed E-state index contributed by atoms with van der Waals surface area (Å²) in [5, 5.41) is 9.16. The largest absolute Gasteiger partial charge is 0.491 e. The molecule has 0 spiro atoms. The highest BCUT2D eigenvalue weighted by atomic mass is 19.1. The van der Waals surface area contributed by atoms with Gasteiger partial charge in [0.05, 0.1) is 5.54 Å². The van der Waals surface area contributed by atoms with Crippen LogP contribution in [0.5, 0.6) is 5.88 Å². The summed E-state index contributed by atoms with van der Waals surface area (Å²) in [6.07, 6.45) is 4.34. The van der Waals surface area contributed by atoms with E-state index in [1.54, 1.807) is 0 Å². The lowest BCUT2D eigenvalue weighted by atomic mass is 9.82. The summed E-state index contributed by atoms with van der Waals surface area (Å²) in [4.78, 5) is 17.1. The van der Waals surface area contributed by atoms with Gasteiger partial charge in [0.25, 0.3) is 11.4 Å². The smallest absolute Gasteiger partial charge is 0.291 e. The van der Waals surface area contributed by atoms with Gasteiger partial charge in [-0.05, 0) is 12.8 Å². The van der Waals surface area contributed by atoms with E-state index < -0.39 is 22.8 Å². The molecule has 0 radical (unpaired) electrons. The van der Waals surface area contributed by atoms with Crippen LogP contribution in [0.1, 0.15) is 37.9 Å². The van der Waals surface area contributed by atoms with Crippen LogP contribution in [0.15, 0.2) is 4.79 Å². The number of aromatic amines is 1. The highest BCUT2D eigenvalue weighted by Gasteiger charge is 2.33. The molecule has 0 saturated heterocycles. The van der Waals surface area contributed by atoms with E-state index in [4.69, 9.17) is 10.8 Å². The van der Waals surface area contributed by atoms with Crippen molar-refractivity contribution in [1.82, 2.24) is 9.97 Å². The maximum atomic E-state index is 12.9. The summed E-state index contributed by atoms with van der Waals surface area (Å²) in [5.74, 6) is -1.96. The Morgan fingerprint density at radius 2 is 2.00 bits per heavy atom. The van der Waals surface area contributed by atoms with Crippen molar-refractivity contribution in [2.45, 2.75) is 37.6 Å². The van der Waals surface area contributed by atoms with Crippen LogP contribution in [0.25, 0.3) is 0 Å². The van der Waals surface area contributed by atoms with E-state index >= 15 is 0 Å². The number of hydrogen-bond acceptors (Lipinski definition) is 4. The Balaban J connectivity index is 2.43. The molecule has 2 rings (SSSR count). The molecule has 6 heteroatoms. The lowest BCUT2D eigenvalue weighted by Crippen LogP contribution is -2.41. The average molecular weight is 227 g/mol. The zero-order valence-electron chi connectivity index (χ0n) is 8.79. The van der Waals surface area contributed by atoms with Crippen molar-refractivity contribution in [1.29, 1.82) is 0 Å². The highest BCUT2D eigenvalue weighted by molar-refractivity contribution is 5.15. The van der Waals surface area contributed by atoms with Crippen molar-refractivity contribution in [2.24, 2.45) is 5.73 Å². The van der Waals surface area contributed by atoms with Crippen molar-refractivity contribution in [2.75, 3.05) is 0 Å². The summed E-state index contributed by atoms with van der Waals surface area (Å²) < 4.78 is 12.9. The Labute approximate surface area is 91.5 Å².